The Balaban J connectivity index is 1.36. The van der Waals surface area contributed by atoms with E-state index in [0.29, 0.717) is 6.04 Å². The maximum atomic E-state index is 5.91. The van der Waals surface area contributed by atoms with Crippen molar-refractivity contribution in [1.29, 1.82) is 0 Å². The molecule has 0 aliphatic rings. The Morgan fingerprint density at radius 1 is 0.897 bits per heavy atom. The van der Waals surface area contributed by atoms with Crippen LogP contribution < -0.4 is 10.1 Å². The molecule has 0 aliphatic carbocycles. The van der Waals surface area contributed by atoms with Gasteiger partial charge in [-0.25, -0.2) is 0 Å². The molecule has 1 N–H and O–H groups in total. The van der Waals surface area contributed by atoms with Crippen molar-refractivity contribution in [3.8, 4) is 11.5 Å². The highest BCUT2D eigenvalue weighted by molar-refractivity contribution is 5.77. The summed E-state index contributed by atoms with van der Waals surface area (Å²) in [7, 11) is 0. The fraction of sp³-hybridized carbons (Fsp3) is 0.240. The molecule has 3 aromatic carbocycles. The topological polar surface area (TPSA) is 39.1 Å². The first kappa shape index (κ1) is 19.2. The van der Waals surface area contributed by atoms with Crippen molar-refractivity contribution in [3.05, 3.63) is 90.6 Å². The van der Waals surface area contributed by atoms with Gasteiger partial charge in [0.2, 0.25) is 0 Å². The van der Waals surface area contributed by atoms with Crippen LogP contribution in [0.15, 0.2) is 85.1 Å². The van der Waals surface area contributed by atoms with Gasteiger partial charge in [-0.05, 0) is 42.3 Å². The third-order valence-electron chi connectivity index (χ3n) is 5.03. The molecule has 0 fully saturated rings. The Morgan fingerprint density at radius 2 is 1.62 bits per heavy atom. The molecular weight excluding hydrogens is 358 g/mol. The summed E-state index contributed by atoms with van der Waals surface area (Å²) in [5.41, 5.74) is 2.34. The molecule has 4 aromatic rings. The number of aromatic nitrogens is 2. The Hall–Kier alpha value is -3.11. The number of benzene rings is 3. The summed E-state index contributed by atoms with van der Waals surface area (Å²) in [5.74, 6) is 1.72. The van der Waals surface area contributed by atoms with Crippen LogP contribution in [0.4, 0.5) is 0 Å². The van der Waals surface area contributed by atoms with Gasteiger partial charge in [-0.2, -0.15) is 5.10 Å². The first-order valence-corrected chi connectivity index (χ1v) is 10.3. The summed E-state index contributed by atoms with van der Waals surface area (Å²) in [5, 5.41) is 9.52. The molecule has 4 nitrogen and oxygen atoms in total. The molecule has 0 aliphatic heterocycles. The van der Waals surface area contributed by atoms with Gasteiger partial charge >= 0.3 is 0 Å². The molecule has 0 bridgehead atoms. The molecule has 0 spiro atoms. The highest BCUT2D eigenvalue weighted by Gasteiger charge is 2.10. The minimum Gasteiger partial charge on any atom is -0.457 e. The standard InChI is InChI=1S/C25H27N3O/c1-2-8-24(26-17-18-28-19-21-9-6-7-12-25(21)27-28)20-13-15-23(16-14-20)29-22-10-4-3-5-11-22/h3-7,9-16,19,24,26H,2,8,17-18H2,1H3. The van der Waals surface area contributed by atoms with Crippen molar-refractivity contribution in [3.63, 3.8) is 0 Å². The van der Waals surface area contributed by atoms with Crippen LogP contribution in [0.3, 0.4) is 0 Å². The van der Waals surface area contributed by atoms with Crippen molar-refractivity contribution < 1.29 is 4.74 Å². The van der Waals surface area contributed by atoms with Crippen molar-refractivity contribution in [2.75, 3.05) is 6.54 Å². The molecular formula is C25H27N3O. The number of nitrogens with zero attached hydrogens (tertiary/aromatic N) is 2. The average molecular weight is 386 g/mol. The molecule has 1 unspecified atom stereocenters. The summed E-state index contributed by atoms with van der Waals surface area (Å²) < 4.78 is 7.93. The van der Waals surface area contributed by atoms with Gasteiger partial charge in [-0.15, -0.1) is 0 Å². The van der Waals surface area contributed by atoms with Crippen molar-refractivity contribution >= 4 is 10.9 Å². The van der Waals surface area contributed by atoms with E-state index in [-0.39, 0.29) is 0 Å². The van der Waals surface area contributed by atoms with E-state index in [1.807, 2.05) is 53.2 Å². The van der Waals surface area contributed by atoms with Crippen molar-refractivity contribution in [2.24, 2.45) is 0 Å². The molecule has 1 atom stereocenters. The highest BCUT2D eigenvalue weighted by Crippen LogP contribution is 2.25. The average Bonchev–Trinajstić information content (AvgIpc) is 3.17. The zero-order valence-electron chi connectivity index (χ0n) is 16.8. The quantitative estimate of drug-likeness (QED) is 0.386. The van der Waals surface area contributed by atoms with Gasteiger partial charge in [0.25, 0.3) is 0 Å². The lowest BCUT2D eigenvalue weighted by atomic mass is 10.0. The fourth-order valence-electron chi connectivity index (χ4n) is 3.55. The first-order chi connectivity index (χ1) is 14.3. The van der Waals surface area contributed by atoms with Crippen LogP contribution in [0.1, 0.15) is 31.4 Å². The Labute approximate surface area is 172 Å². The zero-order valence-corrected chi connectivity index (χ0v) is 16.8. The number of nitrogens with one attached hydrogen (secondary N) is 1. The van der Waals surface area contributed by atoms with Gasteiger partial charge in [0.15, 0.2) is 0 Å². The lowest BCUT2D eigenvalue weighted by molar-refractivity contribution is 0.459. The Kier molecular flexibility index (Phi) is 6.22. The molecule has 0 radical (unpaired) electrons. The van der Waals surface area contributed by atoms with E-state index in [0.717, 1.165) is 42.9 Å². The molecule has 1 heterocycles. The van der Waals surface area contributed by atoms with Gasteiger partial charge in [-0.1, -0.05) is 61.9 Å². The minimum absolute atomic E-state index is 0.329. The van der Waals surface area contributed by atoms with Crippen LogP contribution in [0, 0.1) is 0 Å². The van der Waals surface area contributed by atoms with Crippen LogP contribution in [0.25, 0.3) is 10.9 Å². The largest absolute Gasteiger partial charge is 0.457 e. The van der Waals surface area contributed by atoms with Crippen LogP contribution in [0.5, 0.6) is 11.5 Å². The third-order valence-corrected chi connectivity index (χ3v) is 5.03. The second-order valence-corrected chi connectivity index (χ2v) is 7.23. The van der Waals surface area contributed by atoms with Crippen LogP contribution >= 0.6 is 0 Å². The van der Waals surface area contributed by atoms with E-state index in [2.05, 4.69) is 53.9 Å². The number of para-hydroxylation sites is 1. The predicted octanol–water partition coefficient (Wildman–Crippen LogP) is 5.96. The number of hydrogen-bond acceptors (Lipinski definition) is 3. The number of ether oxygens (including phenoxy) is 1. The molecule has 0 amide bonds. The van der Waals surface area contributed by atoms with Gasteiger partial charge in [0, 0.05) is 24.2 Å². The zero-order chi connectivity index (χ0) is 19.9. The highest BCUT2D eigenvalue weighted by atomic mass is 16.5. The van der Waals surface area contributed by atoms with Crippen molar-refractivity contribution in [1.82, 2.24) is 15.1 Å². The second kappa shape index (κ2) is 9.39. The van der Waals surface area contributed by atoms with Crippen LogP contribution in [0.2, 0.25) is 0 Å². The van der Waals surface area contributed by atoms with Gasteiger partial charge in [-0.3, -0.25) is 4.68 Å². The van der Waals surface area contributed by atoms with E-state index in [4.69, 9.17) is 4.74 Å². The summed E-state index contributed by atoms with van der Waals surface area (Å²) in [6.45, 7) is 3.95. The third kappa shape index (κ3) is 5.04. The molecule has 29 heavy (non-hydrogen) atoms. The number of fused-ring (bicyclic) bond motifs is 1. The number of hydrogen-bond donors (Lipinski definition) is 1. The fourth-order valence-corrected chi connectivity index (χ4v) is 3.55. The molecule has 1 aromatic heterocycles. The maximum Gasteiger partial charge on any atom is 0.127 e. The number of rotatable bonds is 9. The minimum atomic E-state index is 0.329. The van der Waals surface area contributed by atoms with Crippen molar-refractivity contribution in [2.45, 2.75) is 32.4 Å². The lowest BCUT2D eigenvalue weighted by Gasteiger charge is -2.19. The predicted molar refractivity (Wildman–Crippen MR) is 118 cm³/mol. The van der Waals surface area contributed by atoms with Gasteiger partial charge in [0.1, 0.15) is 11.5 Å². The van der Waals surface area contributed by atoms with E-state index in [9.17, 15) is 0 Å². The summed E-state index contributed by atoms with van der Waals surface area (Å²) >= 11 is 0. The normalized spacial score (nSPS) is 12.2. The Bertz CT molecular complexity index is 992. The summed E-state index contributed by atoms with van der Waals surface area (Å²) in [6.07, 6.45) is 4.34. The molecule has 0 saturated carbocycles. The van der Waals surface area contributed by atoms with Crippen LogP contribution in [-0.4, -0.2) is 16.3 Å². The van der Waals surface area contributed by atoms with E-state index in [1.165, 1.54) is 10.9 Å². The molecule has 148 valence electrons. The second-order valence-electron chi connectivity index (χ2n) is 7.23. The van der Waals surface area contributed by atoms with E-state index >= 15 is 0 Å². The smallest absolute Gasteiger partial charge is 0.127 e. The van der Waals surface area contributed by atoms with E-state index < -0.39 is 0 Å². The molecule has 4 rings (SSSR count). The summed E-state index contributed by atoms with van der Waals surface area (Å²) in [6, 6.07) is 26.9. The SMILES string of the molecule is CCCC(NCCn1cc2ccccc2n1)c1ccc(Oc2ccccc2)cc1. The van der Waals surface area contributed by atoms with Crippen LogP contribution in [-0.2, 0) is 6.54 Å². The molecule has 0 saturated heterocycles. The maximum absolute atomic E-state index is 5.91. The van der Waals surface area contributed by atoms with Gasteiger partial charge in [0.05, 0.1) is 12.1 Å². The van der Waals surface area contributed by atoms with Gasteiger partial charge < -0.3 is 10.1 Å². The monoisotopic (exact) mass is 385 g/mol. The van der Waals surface area contributed by atoms with E-state index in [1.54, 1.807) is 0 Å². The molecule has 4 heteroatoms. The first-order valence-electron chi connectivity index (χ1n) is 10.3. The Morgan fingerprint density at radius 3 is 2.38 bits per heavy atom. The summed E-state index contributed by atoms with van der Waals surface area (Å²) in [4.78, 5) is 0. The lowest BCUT2D eigenvalue weighted by Crippen LogP contribution is -2.25.